The number of benzene rings is 1. The molecule has 4 heteroatoms. The van der Waals surface area contributed by atoms with Crippen molar-refractivity contribution in [3.63, 3.8) is 0 Å². The molecular formula is C23H40O4. The highest BCUT2D eigenvalue weighted by molar-refractivity contribution is 5.38. The van der Waals surface area contributed by atoms with E-state index in [0.29, 0.717) is 26.4 Å². The van der Waals surface area contributed by atoms with Crippen LogP contribution in [0.1, 0.15) is 91.6 Å². The molecule has 27 heavy (non-hydrogen) atoms. The van der Waals surface area contributed by atoms with Crippen molar-refractivity contribution >= 4 is 0 Å². The smallest absolute Gasteiger partial charge is 0.184 e. The van der Waals surface area contributed by atoms with Gasteiger partial charge in [-0.05, 0) is 50.2 Å². The highest BCUT2D eigenvalue weighted by Crippen LogP contribution is 2.43. The molecule has 1 rings (SSSR count). The molecule has 0 heterocycles. The van der Waals surface area contributed by atoms with E-state index < -0.39 is 12.6 Å². The Kier molecular flexibility index (Phi) is 9.43. The molecule has 0 fully saturated rings. The Morgan fingerprint density at radius 3 is 1.44 bits per heavy atom. The van der Waals surface area contributed by atoms with Crippen LogP contribution in [0.3, 0.4) is 0 Å². The van der Waals surface area contributed by atoms with Crippen LogP contribution in [0.4, 0.5) is 0 Å². The van der Waals surface area contributed by atoms with E-state index in [9.17, 15) is 0 Å². The Morgan fingerprint density at radius 1 is 0.667 bits per heavy atom. The molecule has 1 aromatic rings. The SMILES string of the molecule is CCOC(OCC)c1ccc(C(C)(C)C(C)(C)C)cc1C(OCC)OCC. The maximum Gasteiger partial charge on any atom is 0.184 e. The molecule has 0 N–H and O–H groups in total. The van der Waals surface area contributed by atoms with Crippen LogP contribution in [0.25, 0.3) is 0 Å². The van der Waals surface area contributed by atoms with Crippen molar-refractivity contribution in [1.29, 1.82) is 0 Å². The lowest BCUT2D eigenvalue weighted by molar-refractivity contribution is -0.156. The van der Waals surface area contributed by atoms with E-state index in [1.54, 1.807) is 0 Å². The van der Waals surface area contributed by atoms with Crippen molar-refractivity contribution in [1.82, 2.24) is 0 Å². The predicted octanol–water partition coefficient (Wildman–Crippen LogP) is 6.15. The van der Waals surface area contributed by atoms with Gasteiger partial charge in [-0.1, -0.05) is 46.8 Å². The molecule has 4 nitrogen and oxygen atoms in total. The second-order valence-electron chi connectivity index (χ2n) is 8.20. The van der Waals surface area contributed by atoms with Gasteiger partial charge in [0.05, 0.1) is 0 Å². The molecule has 0 aliphatic carbocycles. The summed E-state index contributed by atoms with van der Waals surface area (Å²) in [5, 5.41) is 0. The van der Waals surface area contributed by atoms with Gasteiger partial charge in [0.2, 0.25) is 0 Å². The van der Waals surface area contributed by atoms with Crippen molar-refractivity contribution in [2.45, 2.75) is 80.3 Å². The quantitative estimate of drug-likeness (QED) is 0.431. The Morgan fingerprint density at radius 2 is 1.07 bits per heavy atom. The van der Waals surface area contributed by atoms with E-state index in [4.69, 9.17) is 18.9 Å². The fourth-order valence-electron chi connectivity index (χ4n) is 2.88. The lowest BCUT2D eigenvalue weighted by Crippen LogP contribution is -2.34. The molecule has 0 spiro atoms. The summed E-state index contributed by atoms with van der Waals surface area (Å²) in [4.78, 5) is 0. The molecule has 156 valence electrons. The molecule has 0 bridgehead atoms. The first-order chi connectivity index (χ1) is 12.6. The van der Waals surface area contributed by atoms with E-state index in [0.717, 1.165) is 11.1 Å². The highest BCUT2D eigenvalue weighted by Gasteiger charge is 2.35. The zero-order valence-corrected chi connectivity index (χ0v) is 18.8. The minimum absolute atomic E-state index is 0.0179. The fourth-order valence-corrected chi connectivity index (χ4v) is 2.88. The van der Waals surface area contributed by atoms with Crippen LogP contribution in [-0.4, -0.2) is 26.4 Å². The Balaban J connectivity index is 3.54. The average molecular weight is 381 g/mol. The highest BCUT2D eigenvalue weighted by atomic mass is 16.7. The second-order valence-corrected chi connectivity index (χ2v) is 8.20. The van der Waals surface area contributed by atoms with Gasteiger partial charge < -0.3 is 18.9 Å². The van der Waals surface area contributed by atoms with Crippen LogP contribution in [0.2, 0.25) is 0 Å². The maximum absolute atomic E-state index is 5.94. The molecule has 0 atom stereocenters. The van der Waals surface area contributed by atoms with Gasteiger partial charge in [0.15, 0.2) is 12.6 Å². The zero-order valence-electron chi connectivity index (χ0n) is 18.8. The molecule has 0 aromatic heterocycles. The fraction of sp³-hybridized carbons (Fsp3) is 0.739. The summed E-state index contributed by atoms with van der Waals surface area (Å²) >= 11 is 0. The minimum atomic E-state index is -0.436. The first-order valence-electron chi connectivity index (χ1n) is 10.2. The third kappa shape index (κ3) is 6.02. The second kappa shape index (κ2) is 10.6. The van der Waals surface area contributed by atoms with Crippen molar-refractivity contribution in [3.05, 3.63) is 34.9 Å². The van der Waals surface area contributed by atoms with Crippen LogP contribution in [0, 0.1) is 5.41 Å². The molecule has 0 unspecified atom stereocenters. The topological polar surface area (TPSA) is 36.9 Å². The third-order valence-electron chi connectivity index (χ3n) is 5.46. The van der Waals surface area contributed by atoms with Crippen molar-refractivity contribution in [3.8, 4) is 0 Å². The Bertz CT molecular complexity index is 548. The van der Waals surface area contributed by atoms with Gasteiger partial charge >= 0.3 is 0 Å². The van der Waals surface area contributed by atoms with Crippen molar-refractivity contribution in [2.75, 3.05) is 26.4 Å². The Hall–Kier alpha value is -0.940. The van der Waals surface area contributed by atoms with Gasteiger partial charge in [-0.3, -0.25) is 0 Å². The summed E-state index contributed by atoms with van der Waals surface area (Å²) in [6.07, 6.45) is -0.862. The summed E-state index contributed by atoms with van der Waals surface area (Å²) in [6.45, 7) is 21.6. The zero-order chi connectivity index (χ0) is 20.7. The van der Waals surface area contributed by atoms with E-state index in [1.807, 2.05) is 27.7 Å². The molecule has 0 aliphatic heterocycles. The maximum atomic E-state index is 5.94. The van der Waals surface area contributed by atoms with Gasteiger partial charge in [0.1, 0.15) is 0 Å². The first-order valence-corrected chi connectivity index (χ1v) is 10.2. The minimum Gasteiger partial charge on any atom is -0.349 e. The lowest BCUT2D eigenvalue weighted by atomic mass is 9.65. The molecule has 0 aliphatic rings. The molecule has 0 saturated heterocycles. The number of rotatable bonds is 11. The molecule has 0 amide bonds. The van der Waals surface area contributed by atoms with Gasteiger partial charge in [0, 0.05) is 37.6 Å². The Labute approximate surface area is 166 Å². The molecule has 1 aromatic carbocycles. The van der Waals surface area contributed by atoms with Crippen LogP contribution < -0.4 is 0 Å². The lowest BCUT2D eigenvalue weighted by Gasteiger charge is -2.40. The van der Waals surface area contributed by atoms with E-state index >= 15 is 0 Å². The third-order valence-corrected chi connectivity index (χ3v) is 5.46. The van der Waals surface area contributed by atoms with Gasteiger partial charge in [-0.15, -0.1) is 0 Å². The normalized spacial score (nSPS) is 13.0. The molecular weight excluding hydrogens is 340 g/mol. The van der Waals surface area contributed by atoms with Crippen LogP contribution in [0.15, 0.2) is 18.2 Å². The van der Waals surface area contributed by atoms with Crippen LogP contribution in [0.5, 0.6) is 0 Å². The number of ether oxygens (including phenoxy) is 4. The van der Waals surface area contributed by atoms with Gasteiger partial charge in [-0.2, -0.15) is 0 Å². The summed E-state index contributed by atoms with van der Waals surface area (Å²) in [7, 11) is 0. The molecule has 0 radical (unpaired) electrons. The van der Waals surface area contributed by atoms with Crippen molar-refractivity contribution < 1.29 is 18.9 Å². The summed E-state index contributed by atoms with van der Waals surface area (Å²) in [5.41, 5.74) is 3.30. The number of hydrogen-bond acceptors (Lipinski definition) is 4. The van der Waals surface area contributed by atoms with E-state index in [-0.39, 0.29) is 10.8 Å². The van der Waals surface area contributed by atoms with E-state index in [2.05, 4.69) is 52.8 Å². The summed E-state index contributed by atoms with van der Waals surface area (Å²) < 4.78 is 23.6. The van der Waals surface area contributed by atoms with E-state index in [1.165, 1.54) is 5.56 Å². The monoisotopic (exact) mass is 380 g/mol. The van der Waals surface area contributed by atoms with Crippen LogP contribution in [-0.2, 0) is 24.4 Å². The van der Waals surface area contributed by atoms with Gasteiger partial charge in [-0.25, -0.2) is 0 Å². The van der Waals surface area contributed by atoms with Gasteiger partial charge in [0.25, 0.3) is 0 Å². The van der Waals surface area contributed by atoms with Crippen LogP contribution >= 0.6 is 0 Å². The number of hydrogen-bond donors (Lipinski definition) is 0. The largest absolute Gasteiger partial charge is 0.349 e. The first kappa shape index (κ1) is 24.1. The average Bonchev–Trinajstić information content (AvgIpc) is 2.60. The summed E-state index contributed by atoms with van der Waals surface area (Å²) in [5.74, 6) is 0. The molecule has 0 saturated carbocycles. The summed E-state index contributed by atoms with van der Waals surface area (Å²) in [6, 6.07) is 6.50. The standard InChI is InChI=1S/C23H40O4/c1-10-24-20(25-11-2)18-15-14-17(23(8,9)22(5,6)7)16-19(18)21(26-12-3)27-13-4/h14-16,20-21H,10-13H2,1-9H3. The van der Waals surface area contributed by atoms with Crippen molar-refractivity contribution in [2.24, 2.45) is 5.41 Å². The predicted molar refractivity (Wildman–Crippen MR) is 111 cm³/mol.